The molecule has 0 spiro atoms. The lowest BCUT2D eigenvalue weighted by atomic mass is 9.88. The Kier molecular flexibility index (Phi) is 5.94. The van der Waals surface area contributed by atoms with E-state index in [0.29, 0.717) is 6.61 Å². The number of hydrogen-bond donors (Lipinski definition) is 0. The molecule has 29 heavy (non-hydrogen) atoms. The van der Waals surface area contributed by atoms with Gasteiger partial charge >= 0.3 is 5.97 Å². The van der Waals surface area contributed by atoms with Gasteiger partial charge in [0.2, 0.25) is 0 Å². The first-order valence-electron chi connectivity index (χ1n) is 9.32. The van der Waals surface area contributed by atoms with Gasteiger partial charge in [-0.3, -0.25) is 9.69 Å². The average Bonchev–Trinajstić information content (AvgIpc) is 2.66. The summed E-state index contributed by atoms with van der Waals surface area (Å²) in [6, 6.07) is 8.69. The fourth-order valence-electron chi connectivity index (χ4n) is 3.53. The number of rotatable bonds is 5. The fraction of sp³-hybridized carbons (Fsp3) is 0.318. The summed E-state index contributed by atoms with van der Waals surface area (Å²) in [5, 5.41) is 0.0376. The van der Waals surface area contributed by atoms with Crippen molar-refractivity contribution in [2.24, 2.45) is 0 Å². The molecule has 0 bridgehead atoms. The lowest BCUT2D eigenvalue weighted by molar-refractivity contribution is -0.122. The van der Waals surface area contributed by atoms with Crippen LogP contribution in [-0.4, -0.2) is 35.6 Å². The van der Waals surface area contributed by atoms with E-state index in [4.69, 9.17) is 21.1 Å². The van der Waals surface area contributed by atoms with Crippen molar-refractivity contribution in [3.63, 3.8) is 0 Å². The molecule has 0 atom stereocenters. The van der Waals surface area contributed by atoms with Crippen LogP contribution >= 0.6 is 11.6 Å². The number of aromatic nitrogens is 1. The topological polar surface area (TPSA) is 68.7 Å². The Morgan fingerprint density at radius 2 is 2.00 bits per heavy atom. The van der Waals surface area contributed by atoms with Crippen molar-refractivity contribution in [2.45, 2.75) is 33.2 Å². The third kappa shape index (κ3) is 4.27. The van der Waals surface area contributed by atoms with Crippen molar-refractivity contribution < 1.29 is 19.1 Å². The van der Waals surface area contributed by atoms with Gasteiger partial charge in [-0.25, -0.2) is 9.78 Å². The molecule has 1 aliphatic rings. The zero-order chi connectivity index (χ0) is 21.2. The van der Waals surface area contributed by atoms with Crippen LogP contribution in [0.25, 0.3) is 5.57 Å². The first kappa shape index (κ1) is 20.9. The number of allylic oxidation sites excluding steroid dienone is 1. The lowest BCUT2D eigenvalue weighted by Gasteiger charge is -2.41. The van der Waals surface area contributed by atoms with E-state index >= 15 is 0 Å². The zero-order valence-electron chi connectivity index (χ0n) is 16.9. The SMILES string of the molecule is CCOc1ccc2c(c1)C(C)=CC(C)(C)N2C(=O)COC(=O)c1cccnc1Cl. The molecule has 0 N–H and O–H groups in total. The molecule has 152 valence electrons. The summed E-state index contributed by atoms with van der Waals surface area (Å²) in [5.41, 5.74) is 2.25. The van der Waals surface area contributed by atoms with Crippen molar-refractivity contribution in [2.75, 3.05) is 18.1 Å². The normalized spacial score (nSPS) is 14.7. The van der Waals surface area contributed by atoms with Crippen LogP contribution in [0.2, 0.25) is 5.15 Å². The number of carbonyl (C=O) groups is 2. The van der Waals surface area contributed by atoms with E-state index in [1.54, 1.807) is 11.0 Å². The van der Waals surface area contributed by atoms with E-state index in [9.17, 15) is 9.59 Å². The third-order valence-corrected chi connectivity index (χ3v) is 4.95. The standard InChI is InChI=1S/C22H23ClN2O4/c1-5-28-15-8-9-18-17(11-15)14(2)12-22(3,4)25(18)19(26)13-29-21(27)16-7-6-10-24-20(16)23/h6-12H,5,13H2,1-4H3. The van der Waals surface area contributed by atoms with Gasteiger partial charge in [0.15, 0.2) is 6.61 Å². The highest BCUT2D eigenvalue weighted by molar-refractivity contribution is 6.32. The molecule has 0 aliphatic carbocycles. The molecule has 0 fully saturated rings. The number of halogens is 1. The predicted molar refractivity (Wildman–Crippen MR) is 112 cm³/mol. The summed E-state index contributed by atoms with van der Waals surface area (Å²) >= 11 is 5.92. The van der Waals surface area contributed by atoms with E-state index in [1.165, 1.54) is 12.3 Å². The smallest absolute Gasteiger partial charge is 0.341 e. The molecule has 0 radical (unpaired) electrons. The number of pyridine rings is 1. The maximum atomic E-state index is 13.1. The maximum Gasteiger partial charge on any atom is 0.341 e. The molecule has 1 aliphatic heterocycles. The van der Waals surface area contributed by atoms with Gasteiger partial charge in [-0.2, -0.15) is 0 Å². The largest absolute Gasteiger partial charge is 0.494 e. The Bertz CT molecular complexity index is 985. The first-order chi connectivity index (χ1) is 13.7. The molecule has 1 amide bonds. The number of nitrogens with zero attached hydrogens (tertiary/aromatic N) is 2. The lowest BCUT2D eigenvalue weighted by Crippen LogP contribution is -2.50. The fourth-order valence-corrected chi connectivity index (χ4v) is 3.73. The van der Waals surface area contributed by atoms with Gasteiger partial charge in [0.1, 0.15) is 10.9 Å². The van der Waals surface area contributed by atoms with Crippen molar-refractivity contribution >= 4 is 34.7 Å². The number of esters is 1. The van der Waals surface area contributed by atoms with Gasteiger partial charge in [0, 0.05) is 11.8 Å². The number of hydrogen-bond acceptors (Lipinski definition) is 5. The van der Waals surface area contributed by atoms with Crippen LogP contribution < -0.4 is 9.64 Å². The minimum Gasteiger partial charge on any atom is -0.494 e. The monoisotopic (exact) mass is 414 g/mol. The van der Waals surface area contributed by atoms with Crippen molar-refractivity contribution in [3.05, 3.63) is 58.9 Å². The molecule has 0 saturated heterocycles. The Balaban J connectivity index is 1.84. The first-order valence-corrected chi connectivity index (χ1v) is 9.69. The van der Waals surface area contributed by atoms with Crippen LogP contribution in [0, 0.1) is 0 Å². The number of anilines is 1. The summed E-state index contributed by atoms with van der Waals surface area (Å²) < 4.78 is 10.8. The number of carbonyl (C=O) groups excluding carboxylic acids is 2. The molecule has 1 aromatic carbocycles. The van der Waals surface area contributed by atoms with Crippen LogP contribution in [0.1, 0.15) is 43.6 Å². The molecule has 2 aromatic rings. The summed E-state index contributed by atoms with van der Waals surface area (Å²) in [7, 11) is 0. The summed E-state index contributed by atoms with van der Waals surface area (Å²) in [5.74, 6) is -0.286. The van der Waals surface area contributed by atoms with Crippen LogP contribution in [0.3, 0.4) is 0 Å². The molecule has 7 heteroatoms. The second-order valence-corrected chi connectivity index (χ2v) is 7.60. The van der Waals surface area contributed by atoms with E-state index in [2.05, 4.69) is 4.98 Å². The van der Waals surface area contributed by atoms with Gasteiger partial charge in [-0.15, -0.1) is 0 Å². The molecule has 2 heterocycles. The van der Waals surface area contributed by atoms with Crippen molar-refractivity contribution in [1.29, 1.82) is 0 Å². The van der Waals surface area contributed by atoms with Gasteiger partial charge < -0.3 is 9.47 Å². The molecule has 0 unspecified atom stereocenters. The van der Waals surface area contributed by atoms with Gasteiger partial charge in [-0.1, -0.05) is 17.7 Å². The van der Waals surface area contributed by atoms with Crippen LogP contribution in [0.4, 0.5) is 5.69 Å². The van der Waals surface area contributed by atoms with E-state index in [-0.39, 0.29) is 16.6 Å². The summed E-state index contributed by atoms with van der Waals surface area (Å²) in [6.45, 7) is 7.95. The number of benzene rings is 1. The van der Waals surface area contributed by atoms with E-state index in [0.717, 1.165) is 22.6 Å². The third-order valence-electron chi connectivity index (χ3n) is 4.65. The minimum absolute atomic E-state index is 0.0376. The Hall–Kier alpha value is -2.86. The number of amides is 1. The summed E-state index contributed by atoms with van der Waals surface area (Å²) in [4.78, 5) is 30.8. The highest BCUT2D eigenvalue weighted by atomic mass is 35.5. The molecule has 1 aromatic heterocycles. The molecule has 3 rings (SSSR count). The Morgan fingerprint density at radius 3 is 2.69 bits per heavy atom. The molecular formula is C22H23ClN2O4. The minimum atomic E-state index is -0.690. The Morgan fingerprint density at radius 1 is 1.24 bits per heavy atom. The maximum absolute atomic E-state index is 13.1. The second kappa shape index (κ2) is 8.25. The molecule has 6 nitrogen and oxygen atoms in total. The average molecular weight is 415 g/mol. The van der Waals surface area contributed by atoms with Crippen molar-refractivity contribution in [3.8, 4) is 5.75 Å². The van der Waals surface area contributed by atoms with Crippen LogP contribution in [-0.2, 0) is 9.53 Å². The van der Waals surface area contributed by atoms with E-state index in [1.807, 2.05) is 52.0 Å². The van der Waals surface area contributed by atoms with Crippen LogP contribution in [0.5, 0.6) is 5.75 Å². The zero-order valence-corrected chi connectivity index (χ0v) is 17.6. The number of ether oxygens (including phenoxy) is 2. The quantitative estimate of drug-likeness (QED) is 0.531. The van der Waals surface area contributed by atoms with Gasteiger partial charge in [0.25, 0.3) is 5.91 Å². The molecular weight excluding hydrogens is 392 g/mol. The highest BCUT2D eigenvalue weighted by Gasteiger charge is 2.36. The van der Waals surface area contributed by atoms with Crippen LogP contribution in [0.15, 0.2) is 42.6 Å². The second-order valence-electron chi connectivity index (χ2n) is 7.24. The molecule has 0 saturated carbocycles. The van der Waals surface area contributed by atoms with Crippen molar-refractivity contribution in [1.82, 2.24) is 4.98 Å². The highest BCUT2D eigenvalue weighted by Crippen LogP contribution is 2.40. The van der Waals surface area contributed by atoms with E-state index < -0.39 is 18.1 Å². The number of fused-ring (bicyclic) bond motifs is 1. The van der Waals surface area contributed by atoms with Gasteiger partial charge in [0.05, 0.1) is 23.4 Å². The Labute approximate surface area is 175 Å². The van der Waals surface area contributed by atoms with Gasteiger partial charge in [-0.05, 0) is 63.6 Å². The predicted octanol–water partition coefficient (Wildman–Crippen LogP) is 4.52. The summed E-state index contributed by atoms with van der Waals surface area (Å²) in [6.07, 6.45) is 3.49.